The molecule has 1 heterocycles. The first-order valence-corrected chi connectivity index (χ1v) is 5.27. The lowest BCUT2D eigenvalue weighted by molar-refractivity contribution is -0.150. The van der Waals surface area contributed by atoms with E-state index in [9.17, 15) is 9.59 Å². The van der Waals surface area contributed by atoms with Crippen LogP contribution in [0.4, 0.5) is 0 Å². The number of likely N-dealkylation sites (tertiary alicyclic amines) is 1. The molecular weight excluding hydrogens is 194 g/mol. The molecule has 1 fully saturated rings. The Morgan fingerprint density at radius 2 is 2.33 bits per heavy atom. The van der Waals surface area contributed by atoms with Crippen molar-refractivity contribution in [2.24, 2.45) is 5.92 Å². The maximum Gasteiger partial charge on any atom is 0.310 e. The Kier molecular flexibility index (Phi) is 4.34. The van der Waals surface area contributed by atoms with E-state index in [1.165, 1.54) is 6.08 Å². The highest BCUT2D eigenvalue weighted by Gasteiger charge is 2.28. The molecule has 0 aliphatic carbocycles. The molecule has 0 saturated carbocycles. The topological polar surface area (TPSA) is 46.6 Å². The lowest BCUT2D eigenvalue weighted by Crippen LogP contribution is -2.42. The van der Waals surface area contributed by atoms with Crippen molar-refractivity contribution >= 4 is 11.9 Å². The molecule has 0 N–H and O–H groups in total. The lowest BCUT2D eigenvalue weighted by Gasteiger charge is -2.30. The summed E-state index contributed by atoms with van der Waals surface area (Å²) in [6.45, 7) is 6.78. The van der Waals surface area contributed by atoms with Gasteiger partial charge < -0.3 is 9.64 Å². The largest absolute Gasteiger partial charge is 0.466 e. The van der Waals surface area contributed by atoms with E-state index in [2.05, 4.69) is 6.58 Å². The monoisotopic (exact) mass is 211 g/mol. The summed E-state index contributed by atoms with van der Waals surface area (Å²) >= 11 is 0. The van der Waals surface area contributed by atoms with Gasteiger partial charge in [0.05, 0.1) is 12.5 Å². The van der Waals surface area contributed by atoms with Gasteiger partial charge >= 0.3 is 5.97 Å². The number of hydrogen-bond acceptors (Lipinski definition) is 3. The number of carbonyl (C=O) groups is 2. The summed E-state index contributed by atoms with van der Waals surface area (Å²) in [6.07, 6.45) is 2.94. The number of amides is 1. The third-order valence-corrected chi connectivity index (χ3v) is 2.53. The summed E-state index contributed by atoms with van der Waals surface area (Å²) in [5.74, 6) is -0.467. The zero-order chi connectivity index (χ0) is 11.3. The molecule has 1 rings (SSSR count). The molecule has 0 aromatic rings. The van der Waals surface area contributed by atoms with Crippen LogP contribution in [0.2, 0.25) is 0 Å². The second-order valence-electron chi connectivity index (χ2n) is 3.58. The predicted octanol–water partition coefficient (Wildman–Crippen LogP) is 0.974. The average Bonchev–Trinajstić information content (AvgIpc) is 2.28. The number of esters is 1. The molecule has 84 valence electrons. The Bertz CT molecular complexity index is 263. The van der Waals surface area contributed by atoms with Gasteiger partial charge in [-0.2, -0.15) is 0 Å². The molecule has 0 aromatic heterocycles. The molecule has 1 aliphatic rings. The summed E-state index contributed by atoms with van der Waals surface area (Å²) < 4.78 is 4.94. The fourth-order valence-electron chi connectivity index (χ4n) is 1.76. The van der Waals surface area contributed by atoms with Crippen molar-refractivity contribution in [1.29, 1.82) is 0 Å². The maximum absolute atomic E-state index is 11.5. The van der Waals surface area contributed by atoms with Crippen LogP contribution in [0, 0.1) is 5.92 Å². The number of nitrogens with zero attached hydrogens (tertiary/aromatic N) is 1. The van der Waals surface area contributed by atoms with Crippen molar-refractivity contribution in [2.45, 2.75) is 19.8 Å². The highest BCUT2D eigenvalue weighted by atomic mass is 16.5. The zero-order valence-electron chi connectivity index (χ0n) is 9.07. The van der Waals surface area contributed by atoms with Gasteiger partial charge in [0, 0.05) is 13.1 Å². The van der Waals surface area contributed by atoms with Crippen molar-refractivity contribution in [1.82, 2.24) is 4.90 Å². The number of carbonyl (C=O) groups excluding carboxylic acids is 2. The van der Waals surface area contributed by atoms with Crippen molar-refractivity contribution in [3.05, 3.63) is 12.7 Å². The Labute approximate surface area is 89.9 Å². The van der Waals surface area contributed by atoms with Gasteiger partial charge in [0.15, 0.2) is 0 Å². The second kappa shape index (κ2) is 5.53. The molecule has 1 amide bonds. The van der Waals surface area contributed by atoms with E-state index < -0.39 is 0 Å². The highest BCUT2D eigenvalue weighted by molar-refractivity contribution is 5.87. The molecule has 0 aromatic carbocycles. The van der Waals surface area contributed by atoms with E-state index in [1.807, 2.05) is 0 Å². The standard InChI is InChI=1S/C11H17NO3/c1-3-10(13)12-7-5-6-9(8-12)11(14)15-4-2/h3,9H,1,4-8H2,2H3/t9-/m1/s1. The van der Waals surface area contributed by atoms with Crippen molar-refractivity contribution in [3.63, 3.8) is 0 Å². The zero-order valence-corrected chi connectivity index (χ0v) is 9.07. The third-order valence-electron chi connectivity index (χ3n) is 2.53. The molecule has 4 heteroatoms. The Balaban J connectivity index is 2.52. The van der Waals surface area contributed by atoms with Crippen LogP contribution in [0.3, 0.4) is 0 Å². The minimum atomic E-state index is -0.195. The first-order valence-electron chi connectivity index (χ1n) is 5.27. The van der Waals surface area contributed by atoms with Crippen LogP contribution in [-0.2, 0) is 14.3 Å². The van der Waals surface area contributed by atoms with Crippen LogP contribution in [0.25, 0.3) is 0 Å². The normalized spacial score (nSPS) is 20.9. The predicted molar refractivity (Wildman–Crippen MR) is 56.1 cm³/mol. The minimum absolute atomic E-state index is 0.107. The number of ether oxygens (including phenoxy) is 1. The number of piperidine rings is 1. The summed E-state index contributed by atoms with van der Waals surface area (Å²) in [7, 11) is 0. The highest BCUT2D eigenvalue weighted by Crippen LogP contribution is 2.17. The second-order valence-corrected chi connectivity index (χ2v) is 3.58. The minimum Gasteiger partial charge on any atom is -0.466 e. The molecule has 0 unspecified atom stereocenters. The van der Waals surface area contributed by atoms with Crippen molar-refractivity contribution in [2.75, 3.05) is 19.7 Å². The van der Waals surface area contributed by atoms with Crippen LogP contribution in [0.1, 0.15) is 19.8 Å². The molecule has 0 radical (unpaired) electrons. The van der Waals surface area contributed by atoms with E-state index in [0.29, 0.717) is 19.7 Å². The van der Waals surface area contributed by atoms with Gasteiger partial charge in [0.2, 0.25) is 5.91 Å². The van der Waals surface area contributed by atoms with Crippen molar-refractivity contribution < 1.29 is 14.3 Å². The molecular formula is C11H17NO3. The van der Waals surface area contributed by atoms with Crippen molar-refractivity contribution in [3.8, 4) is 0 Å². The first kappa shape index (κ1) is 11.8. The van der Waals surface area contributed by atoms with Crippen LogP contribution < -0.4 is 0 Å². The van der Waals surface area contributed by atoms with Gasteiger partial charge in [-0.15, -0.1) is 0 Å². The summed E-state index contributed by atoms with van der Waals surface area (Å²) in [6, 6.07) is 0. The summed E-state index contributed by atoms with van der Waals surface area (Å²) in [4.78, 5) is 24.5. The van der Waals surface area contributed by atoms with E-state index >= 15 is 0 Å². The van der Waals surface area contributed by atoms with Crippen LogP contribution in [-0.4, -0.2) is 36.5 Å². The first-order chi connectivity index (χ1) is 7.19. The fourth-order valence-corrected chi connectivity index (χ4v) is 1.76. The van der Waals surface area contributed by atoms with E-state index in [1.54, 1.807) is 11.8 Å². The van der Waals surface area contributed by atoms with E-state index in [-0.39, 0.29) is 17.8 Å². The molecule has 15 heavy (non-hydrogen) atoms. The van der Waals surface area contributed by atoms with Crippen LogP contribution >= 0.6 is 0 Å². The molecule has 4 nitrogen and oxygen atoms in total. The van der Waals surface area contributed by atoms with E-state index in [0.717, 1.165) is 12.8 Å². The number of hydrogen-bond donors (Lipinski definition) is 0. The van der Waals surface area contributed by atoms with Gasteiger partial charge in [-0.3, -0.25) is 9.59 Å². The SMILES string of the molecule is C=CC(=O)N1CCC[C@@H](C(=O)OCC)C1. The smallest absolute Gasteiger partial charge is 0.310 e. The van der Waals surface area contributed by atoms with Gasteiger partial charge in [-0.25, -0.2) is 0 Å². The maximum atomic E-state index is 11.5. The van der Waals surface area contributed by atoms with Gasteiger partial charge in [0.25, 0.3) is 0 Å². The van der Waals surface area contributed by atoms with Gasteiger partial charge in [0.1, 0.15) is 0 Å². The summed E-state index contributed by atoms with van der Waals surface area (Å²) in [5, 5.41) is 0. The Hall–Kier alpha value is -1.32. The number of rotatable bonds is 3. The third kappa shape index (κ3) is 3.08. The van der Waals surface area contributed by atoms with E-state index in [4.69, 9.17) is 4.74 Å². The molecule has 1 aliphatic heterocycles. The summed E-state index contributed by atoms with van der Waals surface area (Å²) in [5.41, 5.74) is 0. The van der Waals surface area contributed by atoms with Gasteiger partial charge in [-0.1, -0.05) is 6.58 Å². The van der Waals surface area contributed by atoms with Gasteiger partial charge in [-0.05, 0) is 25.8 Å². The Morgan fingerprint density at radius 3 is 2.93 bits per heavy atom. The molecule has 0 bridgehead atoms. The molecule has 1 saturated heterocycles. The van der Waals surface area contributed by atoms with Crippen LogP contribution in [0.15, 0.2) is 12.7 Å². The lowest BCUT2D eigenvalue weighted by atomic mass is 9.98. The fraction of sp³-hybridized carbons (Fsp3) is 0.636. The molecule has 0 spiro atoms. The van der Waals surface area contributed by atoms with Crippen LogP contribution in [0.5, 0.6) is 0 Å². The quantitative estimate of drug-likeness (QED) is 0.516. The Morgan fingerprint density at radius 1 is 1.60 bits per heavy atom. The molecule has 1 atom stereocenters. The average molecular weight is 211 g/mol.